The van der Waals surface area contributed by atoms with Crippen LogP contribution >= 0.6 is 0 Å². The van der Waals surface area contributed by atoms with Crippen LogP contribution in [0.2, 0.25) is 0 Å². The number of hydrogen-bond donors (Lipinski definition) is 3. The highest BCUT2D eigenvalue weighted by Gasteiger charge is 2.50. The molecule has 1 rings (SSSR count). The highest BCUT2D eigenvalue weighted by molar-refractivity contribution is 7.89. The third kappa shape index (κ3) is 11.4. The van der Waals surface area contributed by atoms with Gasteiger partial charge in [-0.25, -0.2) is 8.42 Å². The molecule has 0 amide bonds. The van der Waals surface area contributed by atoms with Gasteiger partial charge in [0.25, 0.3) is 0 Å². The Morgan fingerprint density at radius 3 is 1.42 bits per heavy atom. The van der Waals surface area contributed by atoms with E-state index in [4.69, 9.17) is 4.74 Å². The van der Waals surface area contributed by atoms with Gasteiger partial charge in [-0.15, -0.1) is 0 Å². The van der Waals surface area contributed by atoms with Crippen LogP contribution in [0.3, 0.4) is 0 Å². The van der Waals surface area contributed by atoms with Crippen molar-refractivity contribution in [1.82, 2.24) is 4.31 Å². The van der Waals surface area contributed by atoms with E-state index in [0.717, 1.165) is 38.5 Å². The van der Waals surface area contributed by atoms with Gasteiger partial charge in [0.1, 0.15) is 18.3 Å². The zero-order chi connectivity index (χ0) is 24.5. The fraction of sp³-hybridized carbons (Fsp3) is 1.00. The average molecular weight is 494 g/mol. The average Bonchev–Trinajstić information content (AvgIpc) is 3.10. The van der Waals surface area contributed by atoms with Crippen molar-refractivity contribution in [2.45, 2.75) is 140 Å². The Labute approximate surface area is 203 Å². The zero-order valence-electron chi connectivity index (χ0n) is 21.2. The van der Waals surface area contributed by atoms with Gasteiger partial charge in [0.05, 0.1) is 6.61 Å². The summed E-state index contributed by atoms with van der Waals surface area (Å²) in [7, 11) is -3.95. The van der Waals surface area contributed by atoms with E-state index in [1.807, 2.05) is 0 Å². The van der Waals surface area contributed by atoms with Crippen LogP contribution in [0.5, 0.6) is 0 Å². The number of sulfonamides is 1. The Morgan fingerprint density at radius 1 is 0.667 bits per heavy atom. The van der Waals surface area contributed by atoms with Gasteiger partial charge in [-0.2, -0.15) is 4.31 Å². The molecular weight excluding hydrogens is 442 g/mol. The second-order valence-corrected chi connectivity index (χ2v) is 11.6. The Hall–Kier alpha value is -0.250. The first-order valence-corrected chi connectivity index (χ1v) is 15.0. The fourth-order valence-corrected chi connectivity index (χ4v) is 6.33. The normalized spacial score (nSPS) is 23.6. The Bertz CT molecular complexity index is 553. The number of aliphatic hydroxyl groups excluding tert-OH is 3. The van der Waals surface area contributed by atoms with Gasteiger partial charge in [0, 0.05) is 13.1 Å². The van der Waals surface area contributed by atoms with E-state index in [-0.39, 0.29) is 0 Å². The van der Waals surface area contributed by atoms with Crippen molar-refractivity contribution in [2.24, 2.45) is 0 Å². The minimum Gasteiger partial charge on any atom is -0.394 e. The molecule has 198 valence electrons. The topological polar surface area (TPSA) is 107 Å². The summed E-state index contributed by atoms with van der Waals surface area (Å²) in [6, 6.07) is 0. The fourth-order valence-electron chi connectivity index (χ4n) is 4.47. The van der Waals surface area contributed by atoms with Crippen LogP contribution in [0, 0.1) is 0 Å². The predicted molar refractivity (Wildman–Crippen MR) is 133 cm³/mol. The highest BCUT2D eigenvalue weighted by Crippen LogP contribution is 2.28. The van der Waals surface area contributed by atoms with Crippen LogP contribution in [0.15, 0.2) is 0 Å². The van der Waals surface area contributed by atoms with E-state index in [1.54, 1.807) is 0 Å². The highest BCUT2D eigenvalue weighted by atomic mass is 32.2. The van der Waals surface area contributed by atoms with Crippen LogP contribution in [-0.4, -0.2) is 71.5 Å². The minimum absolute atomic E-state index is 0.403. The first kappa shape index (κ1) is 30.8. The summed E-state index contributed by atoms with van der Waals surface area (Å²) in [4.78, 5) is 0. The molecule has 1 aliphatic heterocycles. The summed E-state index contributed by atoms with van der Waals surface area (Å²) < 4.78 is 33.4. The summed E-state index contributed by atoms with van der Waals surface area (Å²) in [6.45, 7) is 4.68. The van der Waals surface area contributed by atoms with Gasteiger partial charge in [-0.1, -0.05) is 104 Å². The van der Waals surface area contributed by atoms with E-state index in [2.05, 4.69) is 13.8 Å². The first-order chi connectivity index (χ1) is 15.9. The molecule has 1 fully saturated rings. The van der Waals surface area contributed by atoms with E-state index < -0.39 is 40.4 Å². The number of hydrogen-bond acceptors (Lipinski definition) is 6. The predicted octanol–water partition coefficient (Wildman–Crippen LogP) is 4.34. The van der Waals surface area contributed by atoms with Crippen molar-refractivity contribution in [3.8, 4) is 0 Å². The van der Waals surface area contributed by atoms with Crippen LogP contribution in [0.4, 0.5) is 0 Å². The molecule has 0 unspecified atom stereocenters. The molecule has 4 atom stereocenters. The molecule has 8 heteroatoms. The number of aliphatic hydroxyl groups is 3. The van der Waals surface area contributed by atoms with Gasteiger partial charge in [0.2, 0.25) is 15.5 Å². The summed E-state index contributed by atoms with van der Waals surface area (Å²) in [5.41, 5.74) is -1.52. The van der Waals surface area contributed by atoms with E-state index in [0.29, 0.717) is 13.1 Å². The second kappa shape index (κ2) is 18.1. The lowest BCUT2D eigenvalue weighted by molar-refractivity contribution is -0.00925. The number of ether oxygens (including phenoxy) is 1. The standard InChI is InChI=1S/C25H51NO6S/c1-3-5-7-9-11-13-15-17-19-26(20-18-16-14-12-10-8-6-4-2)33(30,31)25-24(29)23(28)22(21-27)32-25/h22-25,27-29H,3-21H2,1-2H3/t22-,23-,24+,25-/m0/s1. The van der Waals surface area contributed by atoms with E-state index in [9.17, 15) is 23.7 Å². The molecule has 0 aromatic heterocycles. The van der Waals surface area contributed by atoms with Crippen LogP contribution in [-0.2, 0) is 14.8 Å². The van der Waals surface area contributed by atoms with E-state index >= 15 is 0 Å². The van der Waals surface area contributed by atoms with Crippen molar-refractivity contribution < 1.29 is 28.5 Å². The Balaban J connectivity index is 2.55. The van der Waals surface area contributed by atoms with Crippen molar-refractivity contribution in [2.75, 3.05) is 19.7 Å². The SMILES string of the molecule is CCCCCCCCCCN(CCCCCCCCCC)S(=O)(=O)[C@@H]1O[C@@H](CO)[C@H](O)[C@H]1O. The quantitative estimate of drug-likeness (QED) is 0.205. The molecule has 33 heavy (non-hydrogen) atoms. The third-order valence-electron chi connectivity index (χ3n) is 6.67. The molecule has 1 saturated heterocycles. The van der Waals surface area contributed by atoms with Gasteiger partial charge in [0.15, 0.2) is 0 Å². The molecule has 0 spiro atoms. The molecule has 7 nitrogen and oxygen atoms in total. The molecule has 1 heterocycles. The van der Waals surface area contributed by atoms with Crippen LogP contribution in [0.1, 0.15) is 117 Å². The lowest BCUT2D eigenvalue weighted by Gasteiger charge is -2.27. The molecule has 0 aliphatic carbocycles. The van der Waals surface area contributed by atoms with Crippen molar-refractivity contribution >= 4 is 10.0 Å². The van der Waals surface area contributed by atoms with Crippen molar-refractivity contribution in [3.63, 3.8) is 0 Å². The summed E-state index contributed by atoms with van der Waals surface area (Å²) in [6.07, 6.45) is 14.0. The first-order valence-electron chi connectivity index (χ1n) is 13.5. The lowest BCUT2D eigenvalue weighted by atomic mass is 10.1. The smallest absolute Gasteiger partial charge is 0.244 e. The molecule has 0 aromatic carbocycles. The van der Waals surface area contributed by atoms with Crippen molar-refractivity contribution in [3.05, 3.63) is 0 Å². The van der Waals surface area contributed by atoms with Gasteiger partial charge in [-0.3, -0.25) is 0 Å². The molecule has 0 radical (unpaired) electrons. The Kier molecular flexibility index (Phi) is 16.9. The molecule has 1 aliphatic rings. The minimum atomic E-state index is -3.95. The van der Waals surface area contributed by atoms with Gasteiger partial charge >= 0.3 is 0 Å². The largest absolute Gasteiger partial charge is 0.394 e. The summed E-state index contributed by atoms with van der Waals surface area (Å²) in [5, 5.41) is 29.6. The van der Waals surface area contributed by atoms with E-state index in [1.165, 1.54) is 68.5 Å². The second-order valence-electron chi connectivity index (χ2n) is 9.60. The van der Waals surface area contributed by atoms with Crippen LogP contribution in [0.25, 0.3) is 0 Å². The van der Waals surface area contributed by atoms with Gasteiger partial charge in [-0.05, 0) is 12.8 Å². The molecule has 3 N–H and O–H groups in total. The number of nitrogens with zero attached hydrogens (tertiary/aromatic N) is 1. The Morgan fingerprint density at radius 2 is 1.06 bits per heavy atom. The molecule has 0 aromatic rings. The summed E-state index contributed by atoms with van der Waals surface area (Å²) >= 11 is 0. The maximum Gasteiger partial charge on any atom is 0.244 e. The van der Waals surface area contributed by atoms with Crippen molar-refractivity contribution in [1.29, 1.82) is 0 Å². The monoisotopic (exact) mass is 493 g/mol. The molecule has 0 bridgehead atoms. The van der Waals surface area contributed by atoms with Gasteiger partial charge < -0.3 is 20.1 Å². The number of rotatable bonds is 21. The third-order valence-corrected chi connectivity index (χ3v) is 8.74. The maximum atomic E-state index is 13.3. The summed E-state index contributed by atoms with van der Waals surface area (Å²) in [5.74, 6) is 0. The molecular formula is C25H51NO6S. The zero-order valence-corrected chi connectivity index (χ0v) is 22.0. The lowest BCUT2D eigenvalue weighted by Crippen LogP contribution is -2.45. The number of unbranched alkanes of at least 4 members (excludes halogenated alkanes) is 14. The maximum absolute atomic E-state index is 13.3. The van der Waals surface area contributed by atoms with Crippen LogP contribution < -0.4 is 0 Å². The molecule has 0 saturated carbocycles.